The number of hydrogen-bond donors (Lipinski definition) is 3. The van der Waals surface area contributed by atoms with Gasteiger partial charge in [-0.2, -0.15) is 5.06 Å². The van der Waals surface area contributed by atoms with Crippen LogP contribution in [-0.4, -0.2) is 86.7 Å². The zero-order valence-electron chi connectivity index (χ0n) is 40.4. The van der Waals surface area contributed by atoms with Crippen LogP contribution in [0.25, 0.3) is 11.3 Å². The fourth-order valence-electron chi connectivity index (χ4n) is 7.44. The second-order valence-electron chi connectivity index (χ2n) is 16.0. The minimum atomic E-state index is -1.41. The number of nitrogens with zero attached hydrogens (tertiary/aromatic N) is 1. The molecule has 0 aliphatic heterocycles. The molecule has 1 aromatic heterocycles. The van der Waals surface area contributed by atoms with Gasteiger partial charge in [-0.15, -0.1) is 0 Å². The van der Waals surface area contributed by atoms with Gasteiger partial charge in [0.25, 0.3) is 11.8 Å². The lowest BCUT2D eigenvalue weighted by molar-refractivity contribution is -0.171. The van der Waals surface area contributed by atoms with Crippen molar-refractivity contribution in [3.8, 4) is 28.6 Å². The minimum absolute atomic E-state index is 0.0322. The summed E-state index contributed by atoms with van der Waals surface area (Å²) >= 11 is 0. The highest BCUT2D eigenvalue weighted by Crippen LogP contribution is 2.31. The molecule has 3 N–H and O–H groups in total. The molecule has 0 radical (unpaired) electrons. The van der Waals surface area contributed by atoms with Gasteiger partial charge in [-0.25, -0.2) is 9.59 Å². The van der Waals surface area contributed by atoms with Crippen molar-refractivity contribution in [1.29, 1.82) is 0 Å². The molecule has 0 aliphatic rings. The van der Waals surface area contributed by atoms with Crippen LogP contribution in [0.4, 0.5) is 0 Å². The molecule has 1 heterocycles. The van der Waals surface area contributed by atoms with Crippen molar-refractivity contribution in [2.75, 3.05) is 27.5 Å². The number of carbonyl (C=O) groups is 7. The van der Waals surface area contributed by atoms with Crippen molar-refractivity contribution < 1.29 is 66.5 Å². The summed E-state index contributed by atoms with van der Waals surface area (Å²) < 4.78 is 33.2. The molecule has 4 amide bonds. The maximum atomic E-state index is 13.8. The molecule has 0 saturated carbocycles. The first kappa shape index (κ1) is 53.8. The molecule has 71 heavy (non-hydrogen) atoms. The molecular formula is C53H60N4O14. The van der Waals surface area contributed by atoms with Crippen LogP contribution in [0.3, 0.4) is 0 Å². The van der Waals surface area contributed by atoms with Gasteiger partial charge in [0, 0.05) is 5.56 Å². The van der Waals surface area contributed by atoms with Crippen LogP contribution < -0.4 is 30.2 Å². The molecule has 0 saturated heterocycles. The van der Waals surface area contributed by atoms with E-state index in [-0.39, 0.29) is 67.1 Å². The van der Waals surface area contributed by atoms with Crippen molar-refractivity contribution >= 4 is 42.0 Å². The largest absolute Gasteiger partial charge is 0.493 e. The van der Waals surface area contributed by atoms with E-state index in [4.69, 9.17) is 32.9 Å². The molecule has 0 unspecified atom stereocenters. The number of nitrogens with one attached hydrogen (secondary N) is 3. The van der Waals surface area contributed by atoms with Crippen LogP contribution >= 0.6 is 0 Å². The number of ether oxygens (including phenoxy) is 5. The van der Waals surface area contributed by atoms with E-state index in [9.17, 15) is 33.6 Å². The zero-order chi connectivity index (χ0) is 51.1. The van der Waals surface area contributed by atoms with Crippen molar-refractivity contribution in [2.24, 2.45) is 5.92 Å². The lowest BCUT2D eigenvalue weighted by Crippen LogP contribution is -2.49. The van der Waals surface area contributed by atoms with Crippen molar-refractivity contribution in [3.63, 3.8) is 0 Å². The Balaban J connectivity index is 1.23. The SMILES string of the molecule is CCCCC[C@@H](C(=O)NCNC(=O)c1ccc(-c2ccc(C(=O)N[C@@H](CC(=O)OCc3ccccc3)C(=O)OCc3ccccc3)c(OCC)c2)o1)[C@@H](CC)N(C=O)OC(=O)c1ccc(OC)c(OC)c1. The summed E-state index contributed by atoms with van der Waals surface area (Å²) in [7, 11) is 2.87. The van der Waals surface area contributed by atoms with Gasteiger partial charge in [0.05, 0.1) is 57.0 Å². The summed E-state index contributed by atoms with van der Waals surface area (Å²) in [6.07, 6.45) is 2.81. The van der Waals surface area contributed by atoms with E-state index in [0.29, 0.717) is 36.1 Å². The maximum absolute atomic E-state index is 13.8. The number of hydrogen-bond acceptors (Lipinski definition) is 14. The fraction of sp³-hybridized carbons (Fsp3) is 0.340. The Morgan fingerprint density at radius 2 is 1.41 bits per heavy atom. The molecule has 0 spiro atoms. The Labute approximate surface area is 412 Å². The Kier molecular flexibility index (Phi) is 21.0. The predicted octanol–water partition coefficient (Wildman–Crippen LogP) is 7.35. The zero-order valence-corrected chi connectivity index (χ0v) is 40.4. The summed E-state index contributed by atoms with van der Waals surface area (Å²) in [6, 6.07) is 27.6. The first-order valence-electron chi connectivity index (χ1n) is 23.2. The third-order valence-corrected chi connectivity index (χ3v) is 11.2. The lowest BCUT2D eigenvalue weighted by atomic mass is 9.90. The second kappa shape index (κ2) is 27.7. The van der Waals surface area contributed by atoms with Gasteiger partial charge in [0.2, 0.25) is 12.3 Å². The van der Waals surface area contributed by atoms with E-state index in [1.54, 1.807) is 74.5 Å². The van der Waals surface area contributed by atoms with E-state index in [0.717, 1.165) is 23.5 Å². The number of benzene rings is 4. The first-order chi connectivity index (χ1) is 34.4. The summed E-state index contributed by atoms with van der Waals surface area (Å²) in [6.45, 7) is 5.23. The third kappa shape index (κ3) is 15.7. The van der Waals surface area contributed by atoms with Gasteiger partial charge in [0.15, 0.2) is 17.3 Å². The van der Waals surface area contributed by atoms with Crippen LogP contribution in [-0.2, 0) is 46.7 Å². The Morgan fingerprint density at radius 3 is 2.04 bits per heavy atom. The highest BCUT2D eigenvalue weighted by molar-refractivity contribution is 6.00. The van der Waals surface area contributed by atoms with E-state index < -0.39 is 60.1 Å². The van der Waals surface area contributed by atoms with Gasteiger partial charge < -0.3 is 48.9 Å². The minimum Gasteiger partial charge on any atom is -0.493 e. The van der Waals surface area contributed by atoms with Gasteiger partial charge in [-0.1, -0.05) is 99.8 Å². The number of unbranched alkanes of at least 4 members (excludes halogenated alkanes) is 2. The molecule has 0 bridgehead atoms. The van der Waals surface area contributed by atoms with E-state index in [1.807, 2.05) is 19.1 Å². The fourth-order valence-corrected chi connectivity index (χ4v) is 7.44. The average Bonchev–Trinajstić information content (AvgIpc) is 3.90. The molecule has 3 atom stereocenters. The van der Waals surface area contributed by atoms with E-state index in [1.165, 1.54) is 50.6 Å². The number of amides is 4. The van der Waals surface area contributed by atoms with Gasteiger partial charge in [0.1, 0.15) is 30.8 Å². The average molecular weight is 977 g/mol. The molecule has 4 aromatic carbocycles. The van der Waals surface area contributed by atoms with Crippen LogP contribution in [0.5, 0.6) is 17.2 Å². The van der Waals surface area contributed by atoms with Crippen LogP contribution in [0, 0.1) is 5.92 Å². The molecule has 18 heteroatoms. The van der Waals surface area contributed by atoms with Gasteiger partial charge in [-0.05, 0) is 73.4 Å². The number of furan rings is 1. The second-order valence-corrected chi connectivity index (χ2v) is 16.0. The Bertz CT molecular complexity index is 2570. The standard InChI is InChI=1S/C53H60N4O14/c1-6-9-12-21-39(42(7-2)57(34-58)71-52(63)38-23-25-44(65-4)47(29-38)66-5)49(60)54-33-55-51(62)45-27-26-43(70-45)37-22-24-40(46(28-37)67-8-3)50(61)56-41(53(64)69-32-36-19-15-11-16-20-36)30-48(59)68-31-35-17-13-10-14-18-35/h10-11,13-20,22-29,34,39,41-42H,6-9,12,21,30-33H2,1-5H3,(H,54,60)(H,55,62)(H,56,61)/t39-,41+,42-/m1/s1. The molecule has 376 valence electrons. The number of esters is 2. The van der Waals surface area contributed by atoms with E-state index >= 15 is 0 Å². The number of methoxy groups -OCH3 is 2. The number of carbonyl (C=O) groups excluding carboxylic acids is 7. The normalized spacial score (nSPS) is 12.0. The number of rotatable bonds is 28. The molecule has 18 nitrogen and oxygen atoms in total. The van der Waals surface area contributed by atoms with Crippen LogP contribution in [0.2, 0.25) is 0 Å². The molecule has 0 aliphatic carbocycles. The highest BCUT2D eigenvalue weighted by atomic mass is 16.7. The first-order valence-corrected chi connectivity index (χ1v) is 23.2. The predicted molar refractivity (Wildman–Crippen MR) is 259 cm³/mol. The summed E-state index contributed by atoms with van der Waals surface area (Å²) in [4.78, 5) is 98.3. The third-order valence-electron chi connectivity index (χ3n) is 11.2. The molecule has 0 fully saturated rings. The Morgan fingerprint density at radius 1 is 0.718 bits per heavy atom. The van der Waals surface area contributed by atoms with Crippen molar-refractivity contribution in [3.05, 3.63) is 137 Å². The highest BCUT2D eigenvalue weighted by Gasteiger charge is 2.34. The molecule has 5 rings (SSSR count). The van der Waals surface area contributed by atoms with Crippen molar-refractivity contribution in [2.45, 2.75) is 84.6 Å². The monoisotopic (exact) mass is 976 g/mol. The van der Waals surface area contributed by atoms with Crippen molar-refractivity contribution in [1.82, 2.24) is 21.0 Å². The molecular weight excluding hydrogens is 917 g/mol. The summed E-state index contributed by atoms with van der Waals surface area (Å²) in [5, 5.41) is 8.80. The lowest BCUT2D eigenvalue weighted by Gasteiger charge is -2.31. The van der Waals surface area contributed by atoms with E-state index in [2.05, 4.69) is 16.0 Å². The van der Waals surface area contributed by atoms with Crippen LogP contribution in [0.1, 0.15) is 102 Å². The van der Waals surface area contributed by atoms with Gasteiger partial charge >= 0.3 is 17.9 Å². The summed E-state index contributed by atoms with van der Waals surface area (Å²) in [5.74, 6) is -4.14. The molecule has 5 aromatic rings. The number of hydroxylamine groups is 2. The smallest absolute Gasteiger partial charge is 0.363 e. The quantitative estimate of drug-likeness (QED) is 0.0147. The Hall–Kier alpha value is -8.15. The maximum Gasteiger partial charge on any atom is 0.363 e. The van der Waals surface area contributed by atoms with Gasteiger partial charge in [-0.3, -0.25) is 24.0 Å². The van der Waals surface area contributed by atoms with Crippen LogP contribution in [0.15, 0.2) is 114 Å². The topological polar surface area (TPSA) is 227 Å². The summed E-state index contributed by atoms with van der Waals surface area (Å²) in [5.41, 5.74) is 2.02.